The number of carbonyl (C=O) groups is 1. The molecule has 0 atom stereocenters. The monoisotopic (exact) mass is 389 g/mol. The molecule has 0 radical (unpaired) electrons. The minimum absolute atomic E-state index is 0.0534. The predicted molar refractivity (Wildman–Crippen MR) is 103 cm³/mol. The maximum absolute atomic E-state index is 12.6. The zero-order chi connectivity index (χ0) is 18.5. The molecule has 0 bridgehead atoms. The molecule has 6 nitrogen and oxygen atoms in total. The van der Waals surface area contributed by atoms with E-state index in [9.17, 15) is 4.79 Å². The molecule has 3 rings (SSSR count). The summed E-state index contributed by atoms with van der Waals surface area (Å²) in [5, 5.41) is 12.4. The first kappa shape index (κ1) is 18.5. The smallest absolute Gasteiger partial charge is 0.246 e. The van der Waals surface area contributed by atoms with E-state index in [-0.39, 0.29) is 12.5 Å². The first-order valence-corrected chi connectivity index (χ1v) is 9.67. The third-order valence-corrected chi connectivity index (χ3v) is 5.28. The van der Waals surface area contributed by atoms with Gasteiger partial charge in [0.05, 0.1) is 10.9 Å². The lowest BCUT2D eigenvalue weighted by Crippen LogP contribution is -2.33. The number of hydrogen-bond donors (Lipinski definition) is 0. The van der Waals surface area contributed by atoms with Gasteiger partial charge in [0.2, 0.25) is 11.7 Å². The number of aryl methyl sites for hydroxylation is 1. The number of hydrogen-bond acceptors (Lipinski definition) is 5. The van der Waals surface area contributed by atoms with Crippen molar-refractivity contribution in [2.24, 2.45) is 0 Å². The number of thiophene rings is 1. The van der Waals surface area contributed by atoms with Crippen LogP contribution in [-0.4, -0.2) is 37.6 Å². The van der Waals surface area contributed by atoms with Crippen LogP contribution in [0, 0.1) is 0 Å². The molecule has 0 aliphatic carbocycles. The third kappa shape index (κ3) is 4.47. The highest BCUT2D eigenvalue weighted by Crippen LogP contribution is 2.22. The maximum Gasteiger partial charge on any atom is 0.246 e. The number of carbonyl (C=O) groups excluding carboxylic acids is 1. The van der Waals surface area contributed by atoms with E-state index in [4.69, 9.17) is 11.6 Å². The summed E-state index contributed by atoms with van der Waals surface area (Å²) in [5.41, 5.74) is 2.14. The van der Waals surface area contributed by atoms with Crippen molar-refractivity contribution < 1.29 is 4.79 Å². The zero-order valence-electron chi connectivity index (χ0n) is 14.7. The van der Waals surface area contributed by atoms with Crippen molar-refractivity contribution in [3.63, 3.8) is 0 Å². The lowest BCUT2D eigenvalue weighted by molar-refractivity contribution is -0.132. The molecule has 26 heavy (non-hydrogen) atoms. The Morgan fingerprint density at radius 1 is 1.19 bits per heavy atom. The van der Waals surface area contributed by atoms with E-state index in [1.54, 1.807) is 4.90 Å². The highest BCUT2D eigenvalue weighted by Gasteiger charge is 2.16. The van der Waals surface area contributed by atoms with Crippen LogP contribution in [0.25, 0.3) is 11.4 Å². The fraction of sp³-hybridized carbons (Fsp3) is 0.333. The van der Waals surface area contributed by atoms with Crippen LogP contribution in [0.1, 0.15) is 24.3 Å². The molecule has 8 heteroatoms. The minimum Gasteiger partial charge on any atom is -0.336 e. The largest absolute Gasteiger partial charge is 0.336 e. The molecular formula is C18H20ClN5OS. The Morgan fingerprint density at radius 2 is 1.96 bits per heavy atom. The SMILES string of the molecule is CCc1ccc(-c2nnn(CC(=O)N(CC)Cc3ccc(Cl)s3)n2)cc1. The fourth-order valence-corrected chi connectivity index (χ4v) is 3.64. The van der Waals surface area contributed by atoms with Gasteiger partial charge in [-0.1, -0.05) is 42.8 Å². The van der Waals surface area contributed by atoms with Gasteiger partial charge in [0.1, 0.15) is 6.54 Å². The maximum atomic E-state index is 12.6. The molecule has 136 valence electrons. The molecule has 1 aromatic carbocycles. The second kappa shape index (κ2) is 8.42. The van der Waals surface area contributed by atoms with E-state index >= 15 is 0 Å². The van der Waals surface area contributed by atoms with Crippen LogP contribution >= 0.6 is 22.9 Å². The number of aromatic nitrogens is 4. The molecule has 0 fully saturated rings. The Morgan fingerprint density at radius 3 is 2.58 bits per heavy atom. The number of rotatable bonds is 7. The third-order valence-electron chi connectivity index (χ3n) is 4.06. The van der Waals surface area contributed by atoms with Gasteiger partial charge < -0.3 is 4.90 Å². The van der Waals surface area contributed by atoms with Gasteiger partial charge in [-0.2, -0.15) is 4.80 Å². The lowest BCUT2D eigenvalue weighted by atomic mass is 10.1. The highest BCUT2D eigenvalue weighted by atomic mass is 35.5. The predicted octanol–water partition coefficient (Wildman–Crippen LogP) is 3.67. The normalized spacial score (nSPS) is 10.9. The molecule has 2 heterocycles. The molecular weight excluding hydrogens is 370 g/mol. The highest BCUT2D eigenvalue weighted by molar-refractivity contribution is 7.16. The van der Waals surface area contributed by atoms with Crippen LogP contribution < -0.4 is 0 Å². The van der Waals surface area contributed by atoms with Crippen molar-refractivity contribution in [1.82, 2.24) is 25.1 Å². The van der Waals surface area contributed by atoms with Gasteiger partial charge in [-0.05, 0) is 36.3 Å². The second-order valence-electron chi connectivity index (χ2n) is 5.81. The Balaban J connectivity index is 1.65. The van der Waals surface area contributed by atoms with Gasteiger partial charge in [-0.3, -0.25) is 4.79 Å². The van der Waals surface area contributed by atoms with E-state index in [0.29, 0.717) is 18.9 Å². The zero-order valence-corrected chi connectivity index (χ0v) is 16.3. The topological polar surface area (TPSA) is 63.9 Å². The first-order chi connectivity index (χ1) is 12.6. The van der Waals surface area contributed by atoms with E-state index in [1.807, 2.05) is 43.3 Å². The van der Waals surface area contributed by atoms with Gasteiger partial charge in [0, 0.05) is 17.0 Å². The van der Waals surface area contributed by atoms with E-state index < -0.39 is 0 Å². The van der Waals surface area contributed by atoms with Crippen LogP contribution in [0.5, 0.6) is 0 Å². The quantitative estimate of drug-likeness (QED) is 0.618. The average molecular weight is 390 g/mol. The van der Waals surface area contributed by atoms with Gasteiger partial charge in [-0.15, -0.1) is 21.5 Å². The summed E-state index contributed by atoms with van der Waals surface area (Å²) in [5.74, 6) is 0.468. The summed E-state index contributed by atoms with van der Waals surface area (Å²) in [6.45, 7) is 5.26. The van der Waals surface area contributed by atoms with Gasteiger partial charge in [0.15, 0.2) is 0 Å². The van der Waals surface area contributed by atoms with E-state index in [0.717, 1.165) is 21.2 Å². The lowest BCUT2D eigenvalue weighted by Gasteiger charge is -2.19. The molecule has 3 aromatic rings. The molecule has 1 amide bonds. The molecule has 0 spiro atoms. The van der Waals surface area contributed by atoms with Crippen molar-refractivity contribution in [2.45, 2.75) is 33.4 Å². The summed E-state index contributed by atoms with van der Waals surface area (Å²) in [6, 6.07) is 11.8. The molecule has 0 unspecified atom stereocenters. The molecule has 2 aromatic heterocycles. The van der Waals surface area contributed by atoms with Crippen LogP contribution in [0.15, 0.2) is 36.4 Å². The number of nitrogens with zero attached hydrogens (tertiary/aromatic N) is 5. The van der Waals surface area contributed by atoms with E-state index in [1.165, 1.54) is 21.7 Å². The number of benzene rings is 1. The summed E-state index contributed by atoms with van der Waals surface area (Å²) in [6.07, 6.45) is 0.983. The van der Waals surface area contributed by atoms with Crippen molar-refractivity contribution in [1.29, 1.82) is 0 Å². The average Bonchev–Trinajstić information content (AvgIpc) is 3.28. The second-order valence-corrected chi connectivity index (χ2v) is 7.61. The van der Waals surface area contributed by atoms with Crippen LogP contribution in [-0.2, 0) is 24.3 Å². The van der Waals surface area contributed by atoms with Crippen LogP contribution in [0.2, 0.25) is 4.34 Å². The Hall–Kier alpha value is -2.25. The Bertz CT molecular complexity index is 874. The Labute approximate surface area is 161 Å². The summed E-state index contributed by atoms with van der Waals surface area (Å²) in [4.78, 5) is 16.7. The fourth-order valence-electron chi connectivity index (χ4n) is 2.54. The van der Waals surface area contributed by atoms with Crippen molar-refractivity contribution in [3.05, 3.63) is 51.2 Å². The van der Waals surface area contributed by atoms with Gasteiger partial charge in [0.25, 0.3) is 0 Å². The molecule has 0 aliphatic rings. The first-order valence-electron chi connectivity index (χ1n) is 8.48. The van der Waals surface area contributed by atoms with Crippen molar-refractivity contribution in [3.8, 4) is 11.4 Å². The van der Waals surface area contributed by atoms with Crippen molar-refractivity contribution in [2.75, 3.05) is 6.54 Å². The molecule has 0 aliphatic heterocycles. The van der Waals surface area contributed by atoms with Crippen LogP contribution in [0.4, 0.5) is 0 Å². The molecule has 0 saturated heterocycles. The molecule has 0 N–H and O–H groups in total. The van der Waals surface area contributed by atoms with Crippen LogP contribution in [0.3, 0.4) is 0 Å². The minimum atomic E-state index is -0.0534. The number of likely N-dealkylation sites (N-methyl/N-ethyl adjacent to an activating group) is 1. The van der Waals surface area contributed by atoms with E-state index in [2.05, 4.69) is 22.3 Å². The van der Waals surface area contributed by atoms with Crippen molar-refractivity contribution >= 4 is 28.8 Å². The number of tetrazole rings is 1. The number of amides is 1. The summed E-state index contributed by atoms with van der Waals surface area (Å²) in [7, 11) is 0. The van der Waals surface area contributed by atoms with Gasteiger partial charge >= 0.3 is 0 Å². The van der Waals surface area contributed by atoms with Gasteiger partial charge in [-0.25, -0.2) is 0 Å². The summed E-state index contributed by atoms with van der Waals surface area (Å²) < 4.78 is 0.722. The molecule has 0 saturated carbocycles. The number of halogens is 1. The Kier molecular flexibility index (Phi) is 6.00. The standard InChI is InChI=1S/C18H20ClN5OS/c1-3-13-5-7-14(8-6-13)18-20-22-24(21-18)12-17(25)23(4-2)11-15-9-10-16(19)26-15/h5-10H,3-4,11-12H2,1-2H3. The summed E-state index contributed by atoms with van der Waals surface area (Å²) >= 11 is 7.44.